The van der Waals surface area contributed by atoms with Crippen LogP contribution in [0.15, 0.2) is 73.1 Å². The average Bonchev–Trinajstić information content (AvgIpc) is 3.49. The number of ether oxygens (including phenoxy) is 1. The highest BCUT2D eigenvalue weighted by Crippen LogP contribution is 2.30. The highest BCUT2D eigenvalue weighted by atomic mass is 19.1. The van der Waals surface area contributed by atoms with E-state index in [0.29, 0.717) is 13.1 Å². The molecule has 0 saturated carbocycles. The number of amides is 1. The first-order valence-electron chi connectivity index (χ1n) is 10.1. The van der Waals surface area contributed by atoms with Crippen LogP contribution in [-0.4, -0.2) is 31.8 Å². The molecule has 1 aliphatic heterocycles. The van der Waals surface area contributed by atoms with Crippen molar-refractivity contribution in [2.45, 2.75) is 20.0 Å². The van der Waals surface area contributed by atoms with Gasteiger partial charge >= 0.3 is 0 Å². The minimum absolute atomic E-state index is 0.0744. The van der Waals surface area contributed by atoms with Gasteiger partial charge in [-0.3, -0.25) is 4.79 Å². The molecule has 0 saturated heterocycles. The molecule has 3 heterocycles. The molecule has 7 heteroatoms. The Bertz CT molecular complexity index is 1230. The molecule has 31 heavy (non-hydrogen) atoms. The van der Waals surface area contributed by atoms with Crippen LogP contribution in [0.25, 0.3) is 11.5 Å². The van der Waals surface area contributed by atoms with E-state index in [1.807, 2.05) is 52.8 Å². The summed E-state index contributed by atoms with van der Waals surface area (Å²) in [5.74, 6) is 0.297. The van der Waals surface area contributed by atoms with Crippen molar-refractivity contribution in [1.82, 2.24) is 19.2 Å². The lowest BCUT2D eigenvalue weighted by atomic mass is 10.2. The number of para-hydroxylation sites is 1. The van der Waals surface area contributed by atoms with Gasteiger partial charge in [0.2, 0.25) is 0 Å². The molecule has 4 aromatic rings. The molecule has 5 rings (SSSR count). The quantitative estimate of drug-likeness (QED) is 0.494. The van der Waals surface area contributed by atoms with E-state index in [4.69, 9.17) is 9.84 Å². The van der Waals surface area contributed by atoms with E-state index in [1.54, 1.807) is 17.0 Å². The maximum Gasteiger partial charge on any atom is 0.261 e. The van der Waals surface area contributed by atoms with Crippen molar-refractivity contribution < 1.29 is 13.9 Å². The number of rotatable bonds is 5. The molecular formula is C24H21FN4O2. The van der Waals surface area contributed by atoms with Gasteiger partial charge in [0.15, 0.2) is 18.2 Å². The smallest absolute Gasteiger partial charge is 0.261 e. The van der Waals surface area contributed by atoms with Crippen LogP contribution in [-0.2, 0) is 17.9 Å². The molecule has 156 valence electrons. The molecule has 0 radical (unpaired) electrons. The van der Waals surface area contributed by atoms with Crippen LogP contribution in [0, 0.1) is 12.7 Å². The van der Waals surface area contributed by atoms with Crippen molar-refractivity contribution in [3.05, 3.63) is 95.7 Å². The minimum Gasteiger partial charge on any atom is -0.481 e. The van der Waals surface area contributed by atoms with Gasteiger partial charge in [-0.05, 0) is 43.3 Å². The summed E-state index contributed by atoms with van der Waals surface area (Å²) in [4.78, 5) is 14.4. The number of fused-ring (bicyclic) bond motifs is 1. The van der Waals surface area contributed by atoms with Crippen molar-refractivity contribution in [1.29, 1.82) is 0 Å². The number of halogens is 1. The maximum absolute atomic E-state index is 13.8. The lowest BCUT2D eigenvalue weighted by Crippen LogP contribution is -2.31. The fraction of sp³-hybridized carbons (Fsp3) is 0.167. The number of hydrogen-bond acceptors (Lipinski definition) is 3. The first kappa shape index (κ1) is 19.1. The third kappa shape index (κ3) is 3.59. The Hall–Kier alpha value is -3.87. The maximum atomic E-state index is 13.8. The standard InChI is InChI=1S/C24H21FN4O2/c1-17-8-10-18(11-9-17)29-24(27-12-4-5-13-27)19-14-28(15-21(19)26-29)23(30)16-31-22-7-3-2-6-20(22)25/h2-13H,14-16H2,1H3. The summed E-state index contributed by atoms with van der Waals surface area (Å²) in [6, 6.07) is 18.2. The Balaban J connectivity index is 1.40. The first-order chi connectivity index (χ1) is 15.1. The minimum atomic E-state index is -0.482. The molecule has 0 spiro atoms. The second kappa shape index (κ2) is 7.75. The van der Waals surface area contributed by atoms with Crippen LogP contribution in [0.3, 0.4) is 0 Å². The molecule has 0 aliphatic carbocycles. The molecular weight excluding hydrogens is 395 g/mol. The average molecular weight is 416 g/mol. The summed E-state index contributed by atoms with van der Waals surface area (Å²) in [5.41, 5.74) is 3.99. The lowest BCUT2D eigenvalue weighted by molar-refractivity contribution is -0.134. The third-order valence-corrected chi connectivity index (χ3v) is 5.40. The number of hydrogen-bond donors (Lipinski definition) is 0. The highest BCUT2D eigenvalue weighted by Gasteiger charge is 2.31. The fourth-order valence-corrected chi connectivity index (χ4v) is 3.78. The largest absolute Gasteiger partial charge is 0.481 e. The number of aryl methyl sites for hydroxylation is 1. The Morgan fingerprint density at radius 3 is 2.52 bits per heavy atom. The van der Waals surface area contributed by atoms with Gasteiger partial charge in [-0.1, -0.05) is 29.8 Å². The zero-order valence-corrected chi connectivity index (χ0v) is 17.0. The van der Waals surface area contributed by atoms with Crippen LogP contribution < -0.4 is 4.74 Å². The predicted molar refractivity (Wildman–Crippen MR) is 114 cm³/mol. The summed E-state index contributed by atoms with van der Waals surface area (Å²) in [6.45, 7) is 2.64. The van der Waals surface area contributed by atoms with Crippen LogP contribution in [0.5, 0.6) is 5.75 Å². The Morgan fingerprint density at radius 1 is 1.03 bits per heavy atom. The van der Waals surface area contributed by atoms with E-state index >= 15 is 0 Å². The second-order valence-electron chi connectivity index (χ2n) is 7.56. The highest BCUT2D eigenvalue weighted by molar-refractivity contribution is 5.78. The van der Waals surface area contributed by atoms with Gasteiger partial charge in [-0.15, -0.1) is 0 Å². The summed E-state index contributed by atoms with van der Waals surface area (Å²) >= 11 is 0. The van der Waals surface area contributed by atoms with Crippen molar-refractivity contribution in [3.63, 3.8) is 0 Å². The van der Waals surface area contributed by atoms with Crippen LogP contribution in [0.2, 0.25) is 0 Å². The Labute approximate surface area is 179 Å². The van der Waals surface area contributed by atoms with E-state index in [-0.39, 0.29) is 18.3 Å². The number of nitrogens with zero attached hydrogens (tertiary/aromatic N) is 4. The molecule has 1 aliphatic rings. The number of benzene rings is 2. The molecule has 0 unspecified atom stereocenters. The van der Waals surface area contributed by atoms with Gasteiger partial charge in [-0.25, -0.2) is 9.07 Å². The summed E-state index contributed by atoms with van der Waals surface area (Å²) in [5, 5.41) is 4.81. The van der Waals surface area contributed by atoms with Gasteiger partial charge in [0.25, 0.3) is 5.91 Å². The van der Waals surface area contributed by atoms with Crippen molar-refractivity contribution in [2.75, 3.05) is 6.61 Å². The molecule has 6 nitrogen and oxygen atoms in total. The van der Waals surface area contributed by atoms with Crippen molar-refractivity contribution in [3.8, 4) is 17.3 Å². The summed E-state index contributed by atoms with van der Waals surface area (Å²) < 4.78 is 23.1. The van der Waals surface area contributed by atoms with Crippen LogP contribution in [0.4, 0.5) is 4.39 Å². The molecule has 2 aromatic carbocycles. The Morgan fingerprint density at radius 2 is 1.77 bits per heavy atom. The molecule has 0 fully saturated rings. The predicted octanol–water partition coefficient (Wildman–Crippen LogP) is 4.03. The Kier molecular flexibility index (Phi) is 4.78. The van der Waals surface area contributed by atoms with Gasteiger partial charge in [0.1, 0.15) is 5.82 Å². The van der Waals surface area contributed by atoms with Gasteiger partial charge < -0.3 is 14.2 Å². The second-order valence-corrected chi connectivity index (χ2v) is 7.56. The van der Waals surface area contributed by atoms with E-state index in [0.717, 1.165) is 22.8 Å². The molecule has 0 N–H and O–H groups in total. The van der Waals surface area contributed by atoms with E-state index in [9.17, 15) is 9.18 Å². The fourth-order valence-electron chi connectivity index (χ4n) is 3.78. The van der Waals surface area contributed by atoms with Gasteiger partial charge in [-0.2, -0.15) is 5.10 Å². The normalized spacial score (nSPS) is 12.8. The van der Waals surface area contributed by atoms with Crippen LogP contribution >= 0.6 is 0 Å². The first-order valence-corrected chi connectivity index (χ1v) is 10.1. The van der Waals surface area contributed by atoms with E-state index in [2.05, 4.69) is 12.1 Å². The van der Waals surface area contributed by atoms with Crippen molar-refractivity contribution in [2.24, 2.45) is 0 Å². The van der Waals surface area contributed by atoms with Crippen LogP contribution in [0.1, 0.15) is 16.8 Å². The SMILES string of the molecule is Cc1ccc(-n2nc3c(c2-n2cccc2)CN(C(=O)COc2ccccc2F)C3)cc1. The van der Waals surface area contributed by atoms with Gasteiger partial charge in [0.05, 0.1) is 24.5 Å². The zero-order valence-electron chi connectivity index (χ0n) is 17.0. The molecule has 0 atom stereocenters. The van der Waals surface area contributed by atoms with E-state index in [1.165, 1.54) is 17.7 Å². The number of carbonyl (C=O) groups excluding carboxylic acids is 1. The molecule has 2 aromatic heterocycles. The summed E-state index contributed by atoms with van der Waals surface area (Å²) in [6.07, 6.45) is 3.93. The third-order valence-electron chi connectivity index (χ3n) is 5.40. The van der Waals surface area contributed by atoms with E-state index < -0.39 is 5.82 Å². The lowest BCUT2D eigenvalue weighted by Gasteiger charge is -2.18. The monoisotopic (exact) mass is 416 g/mol. The number of carbonyl (C=O) groups is 1. The number of aromatic nitrogens is 3. The van der Waals surface area contributed by atoms with Crippen molar-refractivity contribution >= 4 is 5.91 Å². The molecule has 0 bridgehead atoms. The molecule has 1 amide bonds. The summed E-state index contributed by atoms with van der Waals surface area (Å²) in [7, 11) is 0. The zero-order chi connectivity index (χ0) is 21.4. The topological polar surface area (TPSA) is 52.3 Å². The van der Waals surface area contributed by atoms with Gasteiger partial charge in [0, 0.05) is 18.0 Å².